The average Bonchev–Trinajstić information content (AvgIpc) is 3.27. The fraction of sp³-hybridized carbons (Fsp3) is 0.828. The minimum Gasteiger partial charge on any atom is -0.469 e. The van der Waals surface area contributed by atoms with Crippen LogP contribution < -0.4 is 0 Å². The van der Waals surface area contributed by atoms with Gasteiger partial charge in [0.05, 0.1) is 50.3 Å². The Morgan fingerprint density at radius 1 is 0.897 bits per heavy atom. The molecule has 8 nitrogen and oxygen atoms in total. The van der Waals surface area contributed by atoms with Crippen molar-refractivity contribution in [3.05, 3.63) is 12.2 Å². The van der Waals surface area contributed by atoms with Gasteiger partial charge >= 0.3 is 17.9 Å². The average molecular weight is 581 g/mol. The summed E-state index contributed by atoms with van der Waals surface area (Å²) in [7, 11) is 0.0962. The summed E-state index contributed by atoms with van der Waals surface area (Å²) in [6, 6.07) is 0. The van der Waals surface area contributed by atoms with E-state index in [4.69, 9.17) is 23.1 Å². The maximum absolute atomic E-state index is 14.2. The molecule has 0 N–H and O–H groups in total. The van der Waals surface area contributed by atoms with Crippen molar-refractivity contribution in [3.8, 4) is 0 Å². The van der Waals surface area contributed by atoms with Gasteiger partial charge in [-0.15, -0.1) is 0 Å². The first-order valence-corrected chi connectivity index (χ1v) is 21.0. The van der Waals surface area contributed by atoms with Crippen molar-refractivity contribution in [1.82, 2.24) is 0 Å². The summed E-state index contributed by atoms with van der Waals surface area (Å²) in [5.74, 6) is -2.79. The van der Waals surface area contributed by atoms with Gasteiger partial charge in [0.25, 0.3) is 0 Å². The summed E-state index contributed by atoms with van der Waals surface area (Å²) in [4.78, 5) is 42.1. The van der Waals surface area contributed by atoms with E-state index >= 15 is 0 Å². The van der Waals surface area contributed by atoms with Gasteiger partial charge in [0, 0.05) is 11.8 Å². The zero-order valence-electron chi connectivity index (χ0n) is 25.5. The van der Waals surface area contributed by atoms with Crippen LogP contribution in [0.5, 0.6) is 0 Å². The number of carbonyl (C=O) groups is 3. The molecule has 0 aromatic heterocycles. The molecule has 4 saturated carbocycles. The lowest BCUT2D eigenvalue weighted by Crippen LogP contribution is -2.62. The molecular weight excluding hydrogens is 532 g/mol. The second-order valence-corrected chi connectivity index (χ2v) is 23.4. The first kappa shape index (κ1) is 30.5. The Morgan fingerprint density at radius 3 is 2.00 bits per heavy atom. The van der Waals surface area contributed by atoms with Gasteiger partial charge in [-0.05, 0) is 89.6 Å². The first-order chi connectivity index (χ1) is 17.9. The van der Waals surface area contributed by atoms with Gasteiger partial charge in [0.1, 0.15) is 0 Å². The molecule has 0 saturated heterocycles. The highest BCUT2D eigenvalue weighted by Gasteiger charge is 2.81. The van der Waals surface area contributed by atoms with Gasteiger partial charge in [-0.2, -0.15) is 0 Å². The number of carbonyl (C=O) groups excluding carboxylic acids is 3. The van der Waals surface area contributed by atoms with Gasteiger partial charge in [0.2, 0.25) is 0 Å². The van der Waals surface area contributed by atoms with Crippen LogP contribution >= 0.6 is 0 Å². The van der Waals surface area contributed by atoms with Crippen LogP contribution in [0.2, 0.25) is 39.3 Å². The summed E-state index contributed by atoms with van der Waals surface area (Å²) >= 11 is 0. The highest BCUT2D eigenvalue weighted by Crippen LogP contribution is 2.78. The van der Waals surface area contributed by atoms with Gasteiger partial charge in [-0.1, -0.05) is 12.2 Å². The van der Waals surface area contributed by atoms with Crippen molar-refractivity contribution in [2.24, 2.45) is 39.9 Å². The van der Waals surface area contributed by atoms with Gasteiger partial charge in [0.15, 0.2) is 16.6 Å². The smallest absolute Gasteiger partial charge is 0.314 e. The Morgan fingerprint density at radius 2 is 1.49 bits per heavy atom. The van der Waals surface area contributed by atoms with Crippen molar-refractivity contribution >= 4 is 34.5 Å². The zero-order chi connectivity index (χ0) is 29.3. The lowest BCUT2D eigenvalue weighted by molar-refractivity contribution is -0.194. The lowest BCUT2D eigenvalue weighted by atomic mass is 9.51. The van der Waals surface area contributed by atoms with Crippen molar-refractivity contribution < 1.29 is 37.4 Å². The fourth-order valence-corrected chi connectivity index (χ4v) is 11.7. The van der Waals surface area contributed by atoms with Gasteiger partial charge < -0.3 is 23.1 Å². The highest BCUT2D eigenvalue weighted by atomic mass is 28.4. The third-order valence-corrected chi connectivity index (χ3v) is 12.2. The molecule has 0 aliphatic heterocycles. The fourth-order valence-electron chi connectivity index (χ4n) is 9.30. The monoisotopic (exact) mass is 580 g/mol. The van der Waals surface area contributed by atoms with Crippen molar-refractivity contribution in [1.29, 1.82) is 0 Å². The van der Waals surface area contributed by atoms with Crippen molar-refractivity contribution in [3.63, 3.8) is 0 Å². The molecule has 2 bridgehead atoms. The standard InChI is InChI=1S/C29H48O8Si2/c1-17-15-28-16-18(17)19(36-38(6,7)8)14-20(28)29(26(32)35-5)13-12-21(37-39(9,10)11)27(2,25(31)34-4)23(29)22(28)24(30)33-3/h18-23H,1,12-16H2,2-11H3/t18?,19-,20+,21-,22+,23+,27+,28-,29+/m0/s1. The summed E-state index contributed by atoms with van der Waals surface area (Å²) in [5, 5.41) is 0. The van der Waals surface area contributed by atoms with Crippen LogP contribution in [0, 0.1) is 39.9 Å². The van der Waals surface area contributed by atoms with Crippen LogP contribution in [0.4, 0.5) is 0 Å². The molecule has 4 aliphatic rings. The van der Waals surface area contributed by atoms with E-state index in [1.807, 2.05) is 6.92 Å². The van der Waals surface area contributed by atoms with Crippen LogP contribution in [0.3, 0.4) is 0 Å². The SMILES string of the molecule is C=C1C[C@]23CC1[C@@H](O[Si](C)(C)C)C[C@H]2[C@]1(C(=O)OC)CC[C@H](O[Si](C)(C)C)[C@@](C)(C(=O)OC)[C@H]1[C@@H]3C(=O)OC. The summed E-state index contributed by atoms with van der Waals surface area (Å²) in [6.45, 7) is 19.1. The van der Waals surface area contributed by atoms with Gasteiger partial charge in [-0.3, -0.25) is 14.4 Å². The van der Waals surface area contributed by atoms with E-state index in [1.165, 1.54) is 21.3 Å². The van der Waals surface area contributed by atoms with E-state index in [9.17, 15) is 14.4 Å². The first-order valence-electron chi connectivity index (χ1n) is 14.2. The minimum atomic E-state index is -2.13. The van der Waals surface area contributed by atoms with Gasteiger partial charge in [-0.25, -0.2) is 0 Å². The predicted molar refractivity (Wildman–Crippen MR) is 152 cm³/mol. The van der Waals surface area contributed by atoms with E-state index in [2.05, 4.69) is 45.9 Å². The largest absolute Gasteiger partial charge is 0.469 e. The van der Waals surface area contributed by atoms with Crippen LogP contribution in [0.25, 0.3) is 0 Å². The number of esters is 3. The van der Waals surface area contributed by atoms with E-state index < -0.39 is 62.8 Å². The topological polar surface area (TPSA) is 97.4 Å². The molecule has 4 rings (SSSR count). The van der Waals surface area contributed by atoms with Crippen LogP contribution in [0.1, 0.15) is 39.0 Å². The molecule has 9 atom stereocenters. The number of ether oxygens (including phenoxy) is 3. The number of methoxy groups -OCH3 is 3. The van der Waals surface area contributed by atoms with E-state index in [0.717, 1.165) is 5.57 Å². The molecule has 4 fully saturated rings. The third-order valence-electron chi connectivity index (χ3n) is 10.2. The Labute approximate surface area is 235 Å². The lowest BCUT2D eigenvalue weighted by Gasteiger charge is -2.54. The maximum atomic E-state index is 14.2. The normalized spacial score (nSPS) is 41.4. The Hall–Kier alpha value is -1.50. The summed E-state index contributed by atoms with van der Waals surface area (Å²) in [5.41, 5.74) is -1.88. The van der Waals surface area contributed by atoms with E-state index in [1.54, 1.807) is 0 Å². The number of hydrogen-bond donors (Lipinski definition) is 0. The molecule has 220 valence electrons. The van der Waals surface area contributed by atoms with Crippen LogP contribution in [-0.4, -0.2) is 68.1 Å². The number of fused-ring (bicyclic) bond motifs is 3. The molecule has 0 aromatic rings. The van der Waals surface area contributed by atoms with Crippen LogP contribution in [0.15, 0.2) is 12.2 Å². The van der Waals surface area contributed by atoms with Crippen LogP contribution in [-0.2, 0) is 37.4 Å². The number of rotatable bonds is 7. The summed E-state index contributed by atoms with van der Waals surface area (Å²) in [6.07, 6.45) is 2.25. The molecule has 0 radical (unpaired) electrons. The van der Waals surface area contributed by atoms with Crippen molar-refractivity contribution in [2.45, 2.75) is 90.5 Å². The Balaban J connectivity index is 2.01. The number of hydrogen-bond acceptors (Lipinski definition) is 8. The summed E-state index contributed by atoms with van der Waals surface area (Å²) < 4.78 is 30.0. The maximum Gasteiger partial charge on any atom is 0.314 e. The Kier molecular flexibility index (Phi) is 7.66. The third kappa shape index (κ3) is 4.48. The minimum absolute atomic E-state index is 0.0911. The molecule has 0 heterocycles. The second kappa shape index (κ2) is 9.81. The molecule has 4 aliphatic carbocycles. The molecule has 1 spiro atoms. The predicted octanol–water partition coefficient (Wildman–Crippen LogP) is 4.95. The molecule has 0 amide bonds. The zero-order valence-corrected chi connectivity index (χ0v) is 27.5. The van der Waals surface area contributed by atoms with Crippen molar-refractivity contribution in [2.75, 3.05) is 21.3 Å². The molecule has 0 aromatic carbocycles. The van der Waals surface area contributed by atoms with E-state index in [0.29, 0.717) is 32.1 Å². The molecule has 39 heavy (non-hydrogen) atoms. The quantitative estimate of drug-likeness (QED) is 0.181. The molecule has 10 heteroatoms. The second-order valence-electron chi connectivity index (χ2n) is 14.5. The molecule has 1 unspecified atom stereocenters. The highest BCUT2D eigenvalue weighted by molar-refractivity contribution is 6.70. The van der Waals surface area contributed by atoms with E-state index in [-0.39, 0.29) is 23.9 Å². The molecular formula is C29H48O8Si2. The Bertz CT molecular complexity index is 1050.